The standard InChI is InChI=1S/C23H26N.C11H20O2.Ir/c1-15(2)20-14-17-9-7-8-10-21(17)24-22(20)18-11-16(3)12-19(13-18)23(4,5)6;1-10(2,3)8(12)7-9(13)11(4,5)6;/h7-10,12-15H,1-6H3;7,12H,1-6H3;/q-1;;/b;8-7-;. The number of benzene rings is 2. The summed E-state index contributed by atoms with van der Waals surface area (Å²) >= 11 is 0. The van der Waals surface area contributed by atoms with Crippen LogP contribution < -0.4 is 0 Å². The van der Waals surface area contributed by atoms with Crippen molar-refractivity contribution in [2.24, 2.45) is 10.8 Å². The number of rotatable bonds is 3. The van der Waals surface area contributed by atoms with Crippen LogP contribution in [0.1, 0.15) is 98.8 Å². The second-order valence-corrected chi connectivity index (χ2v) is 13.4. The van der Waals surface area contributed by atoms with Crippen LogP contribution in [0, 0.1) is 23.8 Å². The van der Waals surface area contributed by atoms with E-state index in [4.69, 9.17) is 4.98 Å². The minimum absolute atomic E-state index is 0. The summed E-state index contributed by atoms with van der Waals surface area (Å²) in [7, 11) is 0. The molecule has 38 heavy (non-hydrogen) atoms. The Kier molecular flexibility index (Phi) is 11.3. The molecule has 0 aliphatic rings. The second-order valence-electron chi connectivity index (χ2n) is 13.4. The zero-order valence-electron chi connectivity index (χ0n) is 25.3. The van der Waals surface area contributed by atoms with Crippen molar-refractivity contribution in [3.05, 3.63) is 77.1 Å². The van der Waals surface area contributed by atoms with E-state index in [9.17, 15) is 9.90 Å². The molecule has 1 N–H and O–H groups in total. The number of pyridine rings is 1. The molecule has 1 radical (unpaired) electrons. The van der Waals surface area contributed by atoms with Crippen LogP contribution in [0.5, 0.6) is 0 Å². The predicted molar refractivity (Wildman–Crippen MR) is 158 cm³/mol. The average molecular weight is 693 g/mol. The summed E-state index contributed by atoms with van der Waals surface area (Å²) in [5.74, 6) is 0.524. The van der Waals surface area contributed by atoms with Gasteiger partial charge in [0.05, 0.1) is 5.52 Å². The monoisotopic (exact) mass is 693 g/mol. The maximum Gasteiger partial charge on any atom is 0.164 e. The van der Waals surface area contributed by atoms with Gasteiger partial charge in [0.25, 0.3) is 0 Å². The number of aryl methyl sites for hydroxylation is 1. The second kappa shape index (κ2) is 12.7. The fourth-order valence-corrected chi connectivity index (χ4v) is 3.62. The summed E-state index contributed by atoms with van der Waals surface area (Å²) in [6.07, 6.45) is 1.33. The molecule has 0 fully saturated rings. The summed E-state index contributed by atoms with van der Waals surface area (Å²) in [4.78, 5) is 16.5. The molecule has 3 nitrogen and oxygen atoms in total. The first-order valence-corrected chi connectivity index (χ1v) is 13.2. The summed E-state index contributed by atoms with van der Waals surface area (Å²) in [5, 5.41) is 10.8. The zero-order chi connectivity index (χ0) is 28.3. The van der Waals surface area contributed by atoms with Gasteiger partial charge < -0.3 is 5.11 Å². The Labute approximate surface area is 244 Å². The molecule has 0 aliphatic carbocycles. The smallest absolute Gasteiger partial charge is 0.164 e. The fraction of sp³-hybridized carbons (Fsp3) is 0.471. The third-order valence-electron chi connectivity index (χ3n) is 6.28. The Hall–Kier alpha value is -2.29. The Morgan fingerprint density at radius 3 is 2.00 bits per heavy atom. The van der Waals surface area contributed by atoms with E-state index in [2.05, 4.69) is 90.1 Å². The molecule has 2 aromatic carbocycles. The number of aromatic nitrogens is 1. The first kappa shape index (κ1) is 33.7. The van der Waals surface area contributed by atoms with Gasteiger partial charge in [0.1, 0.15) is 5.76 Å². The minimum Gasteiger partial charge on any atom is -0.512 e. The van der Waals surface area contributed by atoms with Crippen molar-refractivity contribution >= 4 is 16.7 Å². The van der Waals surface area contributed by atoms with Gasteiger partial charge in [-0.15, -0.1) is 34.9 Å². The number of hydrogen-bond acceptors (Lipinski definition) is 3. The number of nitrogens with zero attached hydrogens (tertiary/aromatic N) is 1. The number of carbonyl (C=O) groups is 1. The summed E-state index contributed by atoms with van der Waals surface area (Å²) < 4.78 is 0. The quantitative estimate of drug-likeness (QED) is 0.169. The van der Waals surface area contributed by atoms with Crippen molar-refractivity contribution in [2.45, 2.75) is 94.4 Å². The van der Waals surface area contributed by atoms with Gasteiger partial charge in [0.15, 0.2) is 5.78 Å². The number of fused-ring (bicyclic) bond motifs is 1. The predicted octanol–water partition coefficient (Wildman–Crippen LogP) is 9.52. The van der Waals surface area contributed by atoms with Crippen LogP contribution in [0.25, 0.3) is 22.2 Å². The van der Waals surface area contributed by atoms with E-state index in [0.29, 0.717) is 5.92 Å². The third kappa shape index (κ3) is 9.17. The Bertz CT molecular complexity index is 1280. The van der Waals surface area contributed by atoms with Gasteiger partial charge in [-0.1, -0.05) is 113 Å². The molecule has 0 saturated heterocycles. The molecular formula is C34H46IrNO2-. The molecule has 1 aromatic heterocycles. The summed E-state index contributed by atoms with van der Waals surface area (Å²) in [6, 6.07) is 18.7. The summed E-state index contributed by atoms with van der Waals surface area (Å²) in [6.45, 7) is 24.5. The Balaban J connectivity index is 0.000000444. The van der Waals surface area contributed by atoms with Crippen LogP contribution in [0.15, 0.2) is 54.3 Å². The van der Waals surface area contributed by atoms with E-state index in [0.717, 1.165) is 16.8 Å². The van der Waals surface area contributed by atoms with Crippen LogP contribution in [-0.2, 0) is 30.3 Å². The van der Waals surface area contributed by atoms with Gasteiger partial charge in [-0.05, 0) is 28.5 Å². The molecule has 0 spiro atoms. The van der Waals surface area contributed by atoms with Crippen molar-refractivity contribution in [1.82, 2.24) is 4.98 Å². The number of hydrogen-bond donors (Lipinski definition) is 1. The van der Waals surface area contributed by atoms with Crippen molar-refractivity contribution in [3.8, 4) is 11.3 Å². The fourth-order valence-electron chi connectivity index (χ4n) is 3.62. The van der Waals surface area contributed by atoms with Gasteiger partial charge in [-0.2, -0.15) is 0 Å². The van der Waals surface area contributed by atoms with Gasteiger partial charge in [-0.25, -0.2) is 0 Å². The average Bonchev–Trinajstić information content (AvgIpc) is 2.76. The molecule has 3 aromatic rings. The number of para-hydroxylation sites is 1. The molecule has 0 atom stereocenters. The zero-order valence-corrected chi connectivity index (χ0v) is 27.7. The molecule has 0 aliphatic heterocycles. The Morgan fingerprint density at radius 2 is 1.50 bits per heavy atom. The van der Waals surface area contributed by atoms with E-state index in [1.54, 1.807) is 0 Å². The number of allylic oxidation sites excluding steroid dienone is 2. The van der Waals surface area contributed by atoms with E-state index in [-0.39, 0.29) is 42.5 Å². The van der Waals surface area contributed by atoms with E-state index >= 15 is 0 Å². The largest absolute Gasteiger partial charge is 0.512 e. The normalized spacial score (nSPS) is 12.6. The van der Waals surface area contributed by atoms with Gasteiger partial charge in [0.2, 0.25) is 0 Å². The van der Waals surface area contributed by atoms with Crippen LogP contribution in [0.3, 0.4) is 0 Å². The van der Waals surface area contributed by atoms with Crippen molar-refractivity contribution in [2.75, 3.05) is 0 Å². The minimum atomic E-state index is -0.417. The van der Waals surface area contributed by atoms with Crippen LogP contribution >= 0.6 is 0 Å². The number of aliphatic hydroxyl groups is 1. The number of carbonyl (C=O) groups excluding carboxylic acids is 1. The molecule has 209 valence electrons. The summed E-state index contributed by atoms with van der Waals surface area (Å²) in [5.41, 5.74) is 6.36. The van der Waals surface area contributed by atoms with E-state index < -0.39 is 5.41 Å². The molecule has 0 amide bonds. The van der Waals surface area contributed by atoms with Gasteiger partial charge in [-0.3, -0.25) is 9.78 Å². The molecule has 0 saturated carbocycles. The number of aliphatic hydroxyl groups excluding tert-OH is 1. The molecule has 1 heterocycles. The maximum atomic E-state index is 11.5. The number of ketones is 1. The van der Waals surface area contributed by atoms with E-state index in [1.807, 2.05) is 41.5 Å². The first-order chi connectivity index (χ1) is 16.8. The third-order valence-corrected chi connectivity index (χ3v) is 6.28. The van der Waals surface area contributed by atoms with Gasteiger partial charge in [0, 0.05) is 37.0 Å². The van der Waals surface area contributed by atoms with Crippen LogP contribution in [0.2, 0.25) is 0 Å². The SMILES string of the molecule is CC(C)(C)C(=O)/C=C(\O)C(C)(C)C.Cc1[c-]c(-c2nc3ccccc3cc2C(C)C)cc(C(C)(C)C)c1.[Ir]. The molecular weight excluding hydrogens is 647 g/mol. The van der Waals surface area contributed by atoms with Gasteiger partial charge >= 0.3 is 0 Å². The van der Waals surface area contributed by atoms with Crippen LogP contribution in [-0.4, -0.2) is 15.9 Å². The molecule has 3 rings (SSSR count). The van der Waals surface area contributed by atoms with Crippen LogP contribution in [0.4, 0.5) is 0 Å². The van der Waals surface area contributed by atoms with E-state index in [1.165, 1.54) is 28.2 Å². The Morgan fingerprint density at radius 1 is 0.921 bits per heavy atom. The molecule has 4 heteroatoms. The maximum absolute atomic E-state index is 11.5. The van der Waals surface area contributed by atoms with Crippen molar-refractivity contribution in [1.29, 1.82) is 0 Å². The topological polar surface area (TPSA) is 50.2 Å². The van der Waals surface area contributed by atoms with Crippen molar-refractivity contribution < 1.29 is 30.0 Å². The van der Waals surface area contributed by atoms with Crippen molar-refractivity contribution in [3.63, 3.8) is 0 Å². The molecule has 0 bridgehead atoms. The molecule has 0 unspecified atom stereocenters. The first-order valence-electron chi connectivity index (χ1n) is 13.2.